The Hall–Kier alpha value is -1.58. The van der Waals surface area contributed by atoms with Gasteiger partial charge < -0.3 is 9.84 Å². The number of ether oxygens (including phenoxy) is 1. The molecule has 0 fully saturated rings. The van der Waals surface area contributed by atoms with E-state index in [0.29, 0.717) is 6.42 Å². The SMILES string of the molecule is C=CCOC(=O)C(CCCCCCCCCCCCCCCCCCC/C=C/CC)CC(=O)O. The minimum absolute atomic E-state index is 0.145. The largest absolute Gasteiger partial charge is 0.481 e. The molecule has 0 saturated heterocycles. The second kappa shape index (κ2) is 26.0. The molecular weight excluding hydrogens is 424 g/mol. The summed E-state index contributed by atoms with van der Waals surface area (Å²) in [4.78, 5) is 22.9. The standard InChI is InChI=1S/C30H54O4/c1-3-5-6-7-8-9-10-11-12-13-14-15-16-17-18-19-20-21-22-23-24-25-28(27-29(31)32)30(33)34-26-4-2/h4-6,28H,2-3,7-27H2,1H3,(H,31,32)/b6-5+. The summed E-state index contributed by atoms with van der Waals surface area (Å²) in [5.74, 6) is -1.88. The van der Waals surface area contributed by atoms with E-state index >= 15 is 0 Å². The van der Waals surface area contributed by atoms with Crippen LogP contribution in [0.25, 0.3) is 0 Å². The number of aliphatic carboxylic acids is 1. The van der Waals surface area contributed by atoms with E-state index in [9.17, 15) is 9.59 Å². The molecule has 0 aromatic heterocycles. The number of esters is 1. The first-order valence-electron chi connectivity index (χ1n) is 14.3. The highest BCUT2D eigenvalue weighted by Crippen LogP contribution is 2.18. The zero-order chi connectivity index (χ0) is 25.1. The highest BCUT2D eigenvalue weighted by atomic mass is 16.5. The van der Waals surface area contributed by atoms with Gasteiger partial charge in [-0.3, -0.25) is 9.59 Å². The molecular formula is C30H54O4. The molecule has 0 aromatic rings. The Morgan fingerprint density at radius 3 is 1.59 bits per heavy atom. The fourth-order valence-corrected chi connectivity index (χ4v) is 4.36. The van der Waals surface area contributed by atoms with E-state index in [-0.39, 0.29) is 13.0 Å². The molecule has 0 aliphatic heterocycles. The Kier molecular flexibility index (Phi) is 24.8. The maximum atomic E-state index is 11.9. The van der Waals surface area contributed by atoms with E-state index in [4.69, 9.17) is 9.84 Å². The Bertz CT molecular complexity index is 512. The summed E-state index contributed by atoms with van der Waals surface area (Å²) in [7, 11) is 0. The van der Waals surface area contributed by atoms with Gasteiger partial charge in [-0.1, -0.05) is 134 Å². The van der Waals surface area contributed by atoms with Gasteiger partial charge in [-0.05, 0) is 25.7 Å². The van der Waals surface area contributed by atoms with Crippen molar-refractivity contribution in [1.29, 1.82) is 0 Å². The number of hydrogen-bond acceptors (Lipinski definition) is 3. The van der Waals surface area contributed by atoms with Gasteiger partial charge in [-0.2, -0.15) is 0 Å². The van der Waals surface area contributed by atoms with Crippen LogP contribution in [0, 0.1) is 5.92 Å². The van der Waals surface area contributed by atoms with Crippen LogP contribution < -0.4 is 0 Å². The molecule has 0 radical (unpaired) electrons. The van der Waals surface area contributed by atoms with Crippen LogP contribution in [0.15, 0.2) is 24.8 Å². The van der Waals surface area contributed by atoms with Crippen molar-refractivity contribution >= 4 is 11.9 Å². The molecule has 4 heteroatoms. The summed E-state index contributed by atoms with van der Waals surface area (Å²) < 4.78 is 5.03. The van der Waals surface area contributed by atoms with Crippen LogP contribution in [0.3, 0.4) is 0 Å². The monoisotopic (exact) mass is 478 g/mol. The first-order valence-corrected chi connectivity index (χ1v) is 14.3. The molecule has 1 unspecified atom stereocenters. The van der Waals surface area contributed by atoms with Crippen molar-refractivity contribution in [2.45, 2.75) is 142 Å². The van der Waals surface area contributed by atoms with Gasteiger partial charge in [0.25, 0.3) is 0 Å². The van der Waals surface area contributed by atoms with Crippen LogP contribution in [-0.4, -0.2) is 23.7 Å². The van der Waals surface area contributed by atoms with Crippen LogP contribution in [0.5, 0.6) is 0 Å². The molecule has 4 nitrogen and oxygen atoms in total. The predicted molar refractivity (Wildman–Crippen MR) is 144 cm³/mol. The molecule has 0 aromatic carbocycles. The van der Waals surface area contributed by atoms with Gasteiger partial charge in [0, 0.05) is 0 Å². The molecule has 34 heavy (non-hydrogen) atoms. The van der Waals surface area contributed by atoms with E-state index in [1.54, 1.807) is 0 Å². The fourth-order valence-electron chi connectivity index (χ4n) is 4.36. The van der Waals surface area contributed by atoms with Crippen LogP contribution >= 0.6 is 0 Å². The molecule has 0 amide bonds. The molecule has 1 atom stereocenters. The highest BCUT2D eigenvalue weighted by molar-refractivity contribution is 5.79. The van der Waals surface area contributed by atoms with Crippen LogP contribution in [0.4, 0.5) is 0 Å². The topological polar surface area (TPSA) is 63.6 Å². The van der Waals surface area contributed by atoms with E-state index < -0.39 is 17.9 Å². The van der Waals surface area contributed by atoms with Crippen molar-refractivity contribution < 1.29 is 19.4 Å². The van der Waals surface area contributed by atoms with E-state index in [0.717, 1.165) is 25.7 Å². The summed E-state index contributed by atoms with van der Waals surface area (Å²) in [5.41, 5.74) is 0. The first-order chi connectivity index (χ1) is 16.6. The van der Waals surface area contributed by atoms with Gasteiger partial charge in [-0.25, -0.2) is 0 Å². The van der Waals surface area contributed by atoms with Crippen LogP contribution in [-0.2, 0) is 14.3 Å². The molecule has 0 saturated carbocycles. The summed E-state index contributed by atoms with van der Waals surface area (Å²) in [6.45, 7) is 5.86. The summed E-state index contributed by atoms with van der Waals surface area (Å²) in [6.07, 6.45) is 31.2. The molecule has 0 rings (SSSR count). The predicted octanol–water partition coefficient (Wildman–Crippen LogP) is 9.18. The van der Waals surface area contributed by atoms with Crippen molar-refractivity contribution in [3.8, 4) is 0 Å². The molecule has 0 heterocycles. The molecule has 0 aliphatic rings. The highest BCUT2D eigenvalue weighted by Gasteiger charge is 2.22. The average Bonchev–Trinajstić information content (AvgIpc) is 2.82. The maximum absolute atomic E-state index is 11.9. The third kappa shape index (κ3) is 23.6. The number of carboxylic acid groups (broad SMARTS) is 1. The summed E-state index contributed by atoms with van der Waals surface area (Å²) in [6, 6.07) is 0. The van der Waals surface area contributed by atoms with Crippen molar-refractivity contribution in [1.82, 2.24) is 0 Å². The Labute approximate surface area is 210 Å². The summed E-state index contributed by atoms with van der Waals surface area (Å²) in [5, 5.41) is 9.00. The van der Waals surface area contributed by atoms with Crippen molar-refractivity contribution in [3.05, 3.63) is 24.8 Å². The second-order valence-corrected chi connectivity index (χ2v) is 9.68. The Morgan fingerprint density at radius 1 is 0.735 bits per heavy atom. The van der Waals surface area contributed by atoms with Crippen LogP contribution in [0.1, 0.15) is 142 Å². The van der Waals surface area contributed by atoms with Gasteiger partial charge in [-0.15, -0.1) is 0 Å². The van der Waals surface area contributed by atoms with Crippen molar-refractivity contribution in [2.24, 2.45) is 5.92 Å². The van der Waals surface area contributed by atoms with Gasteiger partial charge in [0.15, 0.2) is 0 Å². The second-order valence-electron chi connectivity index (χ2n) is 9.68. The van der Waals surface area contributed by atoms with Crippen molar-refractivity contribution in [3.63, 3.8) is 0 Å². The lowest BCUT2D eigenvalue weighted by Gasteiger charge is -2.13. The number of carboxylic acids is 1. The Balaban J connectivity index is 3.39. The lowest BCUT2D eigenvalue weighted by molar-refractivity contribution is -0.152. The van der Waals surface area contributed by atoms with Gasteiger partial charge in [0.05, 0.1) is 12.3 Å². The maximum Gasteiger partial charge on any atom is 0.309 e. The van der Waals surface area contributed by atoms with Crippen molar-refractivity contribution in [2.75, 3.05) is 6.61 Å². The number of rotatable bonds is 26. The normalized spacial score (nSPS) is 12.1. The fraction of sp³-hybridized carbons (Fsp3) is 0.800. The molecule has 0 aliphatic carbocycles. The van der Waals surface area contributed by atoms with Gasteiger partial charge in [0.2, 0.25) is 0 Å². The molecule has 1 N–H and O–H groups in total. The minimum Gasteiger partial charge on any atom is -0.481 e. The number of carbonyl (C=O) groups is 2. The molecule has 0 spiro atoms. The lowest BCUT2D eigenvalue weighted by atomic mass is 9.97. The quantitative estimate of drug-likeness (QED) is 0.0764. The van der Waals surface area contributed by atoms with Gasteiger partial charge >= 0.3 is 11.9 Å². The molecule has 198 valence electrons. The zero-order valence-electron chi connectivity index (χ0n) is 22.2. The number of allylic oxidation sites excluding steroid dienone is 2. The van der Waals surface area contributed by atoms with E-state index in [1.807, 2.05) is 0 Å². The summed E-state index contributed by atoms with van der Waals surface area (Å²) >= 11 is 0. The van der Waals surface area contributed by atoms with Gasteiger partial charge in [0.1, 0.15) is 6.61 Å². The Morgan fingerprint density at radius 2 is 1.18 bits per heavy atom. The number of hydrogen-bond donors (Lipinski definition) is 1. The minimum atomic E-state index is -0.943. The first kappa shape index (κ1) is 32.4. The lowest BCUT2D eigenvalue weighted by Crippen LogP contribution is -2.21. The average molecular weight is 479 g/mol. The number of carbonyl (C=O) groups excluding carboxylic acids is 1. The van der Waals surface area contributed by atoms with E-state index in [2.05, 4.69) is 25.7 Å². The molecule has 0 bridgehead atoms. The number of unbranched alkanes of at least 4 members (excludes halogenated alkanes) is 17. The smallest absolute Gasteiger partial charge is 0.309 e. The third-order valence-electron chi connectivity index (χ3n) is 6.42. The van der Waals surface area contributed by atoms with E-state index in [1.165, 1.54) is 102 Å². The third-order valence-corrected chi connectivity index (χ3v) is 6.42. The van der Waals surface area contributed by atoms with Crippen LogP contribution in [0.2, 0.25) is 0 Å². The zero-order valence-corrected chi connectivity index (χ0v) is 22.2.